The normalized spacial score (nSPS) is 13.5. The Balaban J connectivity index is 2.62. The van der Waals surface area contributed by atoms with Crippen LogP contribution in [-0.2, 0) is 14.3 Å². The first-order valence-electron chi connectivity index (χ1n) is 16.4. The Morgan fingerprint density at radius 1 is 0.864 bits per heavy atom. The zero-order chi connectivity index (χ0) is 33.0. The molecule has 0 radical (unpaired) electrons. The van der Waals surface area contributed by atoms with Crippen LogP contribution < -0.4 is 10.6 Å². The number of nitrogens with zero attached hydrogens (tertiary/aromatic N) is 1. The van der Waals surface area contributed by atoms with Gasteiger partial charge in [-0.1, -0.05) is 107 Å². The Bertz CT molecular complexity index is 1210. The van der Waals surface area contributed by atoms with E-state index >= 15 is 0 Å². The van der Waals surface area contributed by atoms with Gasteiger partial charge in [-0.2, -0.15) is 0 Å². The fourth-order valence-corrected chi connectivity index (χ4v) is 5.57. The van der Waals surface area contributed by atoms with Gasteiger partial charge in [-0.15, -0.1) is 0 Å². The molecule has 0 saturated heterocycles. The summed E-state index contributed by atoms with van der Waals surface area (Å²) < 4.78 is 5.56. The summed E-state index contributed by atoms with van der Waals surface area (Å²) in [6.45, 7) is 19.9. The molecule has 0 spiro atoms. The van der Waals surface area contributed by atoms with Crippen LogP contribution >= 0.6 is 0 Å². The van der Waals surface area contributed by atoms with Gasteiger partial charge in [0.25, 0.3) is 5.91 Å². The van der Waals surface area contributed by atoms with E-state index in [2.05, 4.69) is 23.6 Å². The highest BCUT2D eigenvalue weighted by atomic mass is 16.6. The minimum atomic E-state index is -0.886. The highest BCUT2D eigenvalue weighted by molar-refractivity contribution is 6.00. The Morgan fingerprint density at radius 3 is 1.98 bits per heavy atom. The molecule has 2 N–H and O–H groups in total. The van der Waals surface area contributed by atoms with Crippen molar-refractivity contribution in [1.29, 1.82) is 0 Å². The predicted molar refractivity (Wildman–Crippen MR) is 181 cm³/mol. The number of hydrogen-bond acceptors (Lipinski definition) is 4. The molecular weight excluding hydrogens is 550 g/mol. The van der Waals surface area contributed by atoms with Crippen LogP contribution in [0.5, 0.6) is 0 Å². The highest BCUT2D eigenvalue weighted by Crippen LogP contribution is 2.30. The molecule has 0 aliphatic carbocycles. The number of nitrogens with one attached hydrogen (secondary N) is 2. The Morgan fingerprint density at radius 2 is 1.43 bits per heavy atom. The van der Waals surface area contributed by atoms with E-state index in [-0.39, 0.29) is 17.7 Å². The lowest BCUT2D eigenvalue weighted by molar-refractivity contribution is -0.142. The summed E-state index contributed by atoms with van der Waals surface area (Å²) in [5.41, 5.74) is 4.74. The third-order valence-corrected chi connectivity index (χ3v) is 8.04. The SMILES string of the molecule is CCCCCCCCN(C(=O)C(NC(=O)OC(C)(C)C)C(C)CC)C(C(=O)Nc1c(C)cccc1C)c1cc(C)cc(C)c1. The van der Waals surface area contributed by atoms with Gasteiger partial charge in [-0.25, -0.2) is 4.79 Å². The number of carbonyl (C=O) groups is 3. The molecule has 44 heavy (non-hydrogen) atoms. The van der Waals surface area contributed by atoms with Gasteiger partial charge >= 0.3 is 6.09 Å². The molecule has 3 atom stereocenters. The van der Waals surface area contributed by atoms with Crippen molar-refractivity contribution in [1.82, 2.24) is 10.2 Å². The fourth-order valence-electron chi connectivity index (χ4n) is 5.57. The van der Waals surface area contributed by atoms with Crippen LogP contribution in [0.4, 0.5) is 10.5 Å². The van der Waals surface area contributed by atoms with E-state index < -0.39 is 23.8 Å². The first-order valence-corrected chi connectivity index (χ1v) is 16.4. The largest absolute Gasteiger partial charge is 0.444 e. The van der Waals surface area contributed by atoms with E-state index in [0.29, 0.717) is 13.0 Å². The zero-order valence-electron chi connectivity index (χ0n) is 28.9. The summed E-state index contributed by atoms with van der Waals surface area (Å²) in [5.74, 6) is -0.727. The maximum Gasteiger partial charge on any atom is 0.408 e. The second-order valence-electron chi connectivity index (χ2n) is 13.4. The smallest absolute Gasteiger partial charge is 0.408 e. The van der Waals surface area contributed by atoms with Crippen LogP contribution in [0.15, 0.2) is 36.4 Å². The van der Waals surface area contributed by atoms with E-state index in [9.17, 15) is 14.4 Å². The van der Waals surface area contributed by atoms with Gasteiger partial charge < -0.3 is 20.3 Å². The second-order valence-corrected chi connectivity index (χ2v) is 13.4. The van der Waals surface area contributed by atoms with Gasteiger partial charge in [-0.3, -0.25) is 9.59 Å². The van der Waals surface area contributed by atoms with Crippen molar-refractivity contribution in [2.45, 2.75) is 132 Å². The maximum absolute atomic E-state index is 14.7. The maximum atomic E-state index is 14.7. The monoisotopic (exact) mass is 607 g/mol. The first kappa shape index (κ1) is 36.8. The number of aryl methyl sites for hydroxylation is 4. The second kappa shape index (κ2) is 17.2. The van der Waals surface area contributed by atoms with Crippen molar-refractivity contribution in [2.75, 3.05) is 11.9 Å². The molecular formula is C37H57N3O4. The van der Waals surface area contributed by atoms with Crippen LogP contribution in [-0.4, -0.2) is 41.0 Å². The molecule has 3 unspecified atom stereocenters. The van der Waals surface area contributed by atoms with Gasteiger partial charge in [-0.05, 0) is 77.5 Å². The van der Waals surface area contributed by atoms with Gasteiger partial charge in [0.1, 0.15) is 17.7 Å². The standard InChI is InChI=1S/C37H57N3O4/c1-11-13-14-15-16-17-21-40(35(42)32(27(5)12-2)39-36(43)44-37(8,9)10)33(30-23-25(3)22-26(4)24-30)34(41)38-31-28(6)19-18-20-29(31)7/h18-20,22-24,27,32-33H,11-17,21H2,1-10H3,(H,38,41)(H,39,43). The Hall–Kier alpha value is -3.35. The summed E-state index contributed by atoms with van der Waals surface area (Å²) in [7, 11) is 0. The lowest BCUT2D eigenvalue weighted by Crippen LogP contribution is -2.55. The average Bonchev–Trinajstić information content (AvgIpc) is 2.92. The molecule has 3 amide bonds. The van der Waals surface area contributed by atoms with Gasteiger partial charge in [0.15, 0.2) is 0 Å². The Labute approximate surface area is 266 Å². The van der Waals surface area contributed by atoms with Crippen molar-refractivity contribution in [3.63, 3.8) is 0 Å². The van der Waals surface area contributed by atoms with E-state index in [1.165, 1.54) is 6.42 Å². The van der Waals surface area contributed by atoms with E-state index in [1.807, 2.05) is 71.9 Å². The molecule has 0 aliphatic rings. The molecule has 0 aromatic heterocycles. The van der Waals surface area contributed by atoms with Crippen LogP contribution in [0, 0.1) is 33.6 Å². The molecule has 244 valence electrons. The van der Waals surface area contributed by atoms with E-state index in [1.54, 1.807) is 25.7 Å². The first-order chi connectivity index (χ1) is 20.7. The van der Waals surface area contributed by atoms with Crippen molar-refractivity contribution in [3.05, 3.63) is 64.2 Å². The third kappa shape index (κ3) is 11.3. The third-order valence-electron chi connectivity index (χ3n) is 8.04. The van der Waals surface area contributed by atoms with Crippen LogP contribution in [0.3, 0.4) is 0 Å². The number of anilines is 1. The van der Waals surface area contributed by atoms with Gasteiger partial charge in [0, 0.05) is 12.2 Å². The topological polar surface area (TPSA) is 87.7 Å². The van der Waals surface area contributed by atoms with Crippen molar-refractivity contribution >= 4 is 23.6 Å². The van der Waals surface area contributed by atoms with Gasteiger partial charge in [0.2, 0.25) is 5.91 Å². The molecule has 7 nitrogen and oxygen atoms in total. The summed E-state index contributed by atoms with van der Waals surface area (Å²) in [6.07, 6.45) is 6.30. The number of para-hydroxylation sites is 1. The minimum absolute atomic E-state index is 0.177. The Kier molecular flexibility index (Phi) is 14.4. The quantitative estimate of drug-likeness (QED) is 0.198. The molecule has 0 aliphatic heterocycles. The minimum Gasteiger partial charge on any atom is -0.444 e. The average molecular weight is 608 g/mol. The predicted octanol–water partition coefficient (Wildman–Crippen LogP) is 8.73. The van der Waals surface area contributed by atoms with Crippen molar-refractivity contribution in [2.24, 2.45) is 5.92 Å². The molecule has 0 bridgehead atoms. The number of unbranched alkanes of at least 4 members (excludes halogenated alkanes) is 5. The summed E-state index contributed by atoms with van der Waals surface area (Å²) in [6, 6.07) is 10.2. The number of alkyl carbamates (subject to hydrolysis) is 1. The number of carbonyl (C=O) groups excluding carboxylic acids is 3. The lowest BCUT2D eigenvalue weighted by atomic mass is 9.94. The molecule has 0 fully saturated rings. The van der Waals surface area contributed by atoms with Crippen LogP contribution in [0.2, 0.25) is 0 Å². The van der Waals surface area contributed by atoms with Crippen LogP contribution in [0.1, 0.15) is 120 Å². The van der Waals surface area contributed by atoms with E-state index in [4.69, 9.17) is 4.74 Å². The van der Waals surface area contributed by atoms with E-state index in [0.717, 1.165) is 65.6 Å². The highest BCUT2D eigenvalue weighted by Gasteiger charge is 2.38. The number of rotatable bonds is 15. The molecule has 2 aromatic carbocycles. The fraction of sp³-hybridized carbons (Fsp3) is 0.595. The zero-order valence-corrected chi connectivity index (χ0v) is 28.9. The van der Waals surface area contributed by atoms with Crippen molar-refractivity contribution in [3.8, 4) is 0 Å². The lowest BCUT2D eigenvalue weighted by Gasteiger charge is -2.36. The number of ether oxygens (including phenoxy) is 1. The summed E-state index contributed by atoms with van der Waals surface area (Å²) in [5, 5.41) is 6.05. The number of amides is 3. The van der Waals surface area contributed by atoms with Gasteiger partial charge in [0.05, 0.1) is 0 Å². The molecule has 2 rings (SSSR count). The molecule has 7 heteroatoms. The molecule has 0 saturated carbocycles. The number of benzene rings is 2. The van der Waals surface area contributed by atoms with Crippen LogP contribution in [0.25, 0.3) is 0 Å². The molecule has 0 heterocycles. The summed E-state index contributed by atoms with van der Waals surface area (Å²) in [4.78, 5) is 43.7. The number of hydrogen-bond donors (Lipinski definition) is 2. The van der Waals surface area contributed by atoms with Crippen molar-refractivity contribution < 1.29 is 19.1 Å². The molecule has 2 aromatic rings. The summed E-state index contributed by atoms with van der Waals surface area (Å²) >= 11 is 0.